The number of allylic oxidation sites excluding steroid dienone is 4. The van der Waals surface area contributed by atoms with E-state index in [0.29, 0.717) is 0 Å². The second-order valence-electron chi connectivity index (χ2n) is 1.49. The van der Waals surface area contributed by atoms with Crippen molar-refractivity contribution in [3.8, 4) is 0 Å². The van der Waals surface area contributed by atoms with Gasteiger partial charge in [0.05, 0.1) is 0 Å². The molecule has 1 aliphatic rings. The number of hydrogen-bond acceptors (Lipinski definition) is 1. The number of hydrogen-bond donors (Lipinski definition) is 0. The summed E-state index contributed by atoms with van der Waals surface area (Å²) >= 11 is -0.255. The van der Waals surface area contributed by atoms with Crippen LogP contribution in [0, 0.1) is 0 Å². The second-order valence-corrected chi connectivity index (χ2v) is 3.02. The summed E-state index contributed by atoms with van der Waals surface area (Å²) in [4.78, 5) is 9.81. The number of rotatable bonds is 1. The van der Waals surface area contributed by atoms with Gasteiger partial charge in [-0.1, -0.05) is 0 Å². The fourth-order valence-electron chi connectivity index (χ4n) is 0.577. The SMILES string of the molecule is O=[C]=[V][C]1=CC=CC1. The first-order valence-corrected chi connectivity index (χ1v) is 3.77. The third-order valence-electron chi connectivity index (χ3n) is 0.941. The van der Waals surface area contributed by atoms with E-state index in [2.05, 4.69) is 6.08 Å². The van der Waals surface area contributed by atoms with Crippen LogP contribution in [0.2, 0.25) is 0 Å². The fourth-order valence-corrected chi connectivity index (χ4v) is 1.32. The van der Waals surface area contributed by atoms with Gasteiger partial charge in [-0.05, 0) is 0 Å². The normalized spacial score (nSPS) is 15.2. The van der Waals surface area contributed by atoms with Gasteiger partial charge in [0, 0.05) is 0 Å². The van der Waals surface area contributed by atoms with Crippen molar-refractivity contribution in [3.63, 3.8) is 0 Å². The van der Waals surface area contributed by atoms with Crippen LogP contribution in [-0.4, -0.2) is 4.59 Å². The Labute approximate surface area is 54.7 Å². The van der Waals surface area contributed by atoms with Crippen LogP contribution in [0.3, 0.4) is 0 Å². The monoisotopic (exact) mass is 144 g/mol. The number of carbonyl (C=O) groups excluding carboxylic acids is 1. The Morgan fingerprint density at radius 3 is 3.12 bits per heavy atom. The van der Waals surface area contributed by atoms with Crippen LogP contribution in [0.5, 0.6) is 0 Å². The van der Waals surface area contributed by atoms with E-state index in [-0.39, 0.29) is 15.8 Å². The first kappa shape index (κ1) is 5.78. The molecule has 0 N–H and O–H groups in total. The van der Waals surface area contributed by atoms with E-state index in [1.807, 2.05) is 16.7 Å². The molecule has 8 heavy (non-hydrogen) atoms. The van der Waals surface area contributed by atoms with Crippen molar-refractivity contribution in [2.75, 3.05) is 0 Å². The Kier molecular flexibility index (Phi) is 2.05. The molecule has 2 heteroatoms. The summed E-state index contributed by atoms with van der Waals surface area (Å²) in [6.07, 6.45) is 7.03. The minimum atomic E-state index is -0.255. The van der Waals surface area contributed by atoms with Gasteiger partial charge >= 0.3 is 54.2 Å². The quantitative estimate of drug-likeness (QED) is 0.536. The van der Waals surface area contributed by atoms with E-state index in [1.54, 1.807) is 0 Å². The Balaban J connectivity index is 2.64. The van der Waals surface area contributed by atoms with Crippen molar-refractivity contribution in [2.24, 2.45) is 0 Å². The van der Waals surface area contributed by atoms with E-state index in [4.69, 9.17) is 0 Å². The van der Waals surface area contributed by atoms with Crippen LogP contribution >= 0.6 is 0 Å². The van der Waals surface area contributed by atoms with Gasteiger partial charge in [-0.15, -0.1) is 0 Å². The molecule has 0 saturated heterocycles. The first-order valence-electron chi connectivity index (χ1n) is 2.37. The summed E-state index contributed by atoms with van der Waals surface area (Å²) in [6.45, 7) is 0. The van der Waals surface area contributed by atoms with Crippen LogP contribution in [0.15, 0.2) is 22.5 Å². The molecule has 0 unspecified atom stereocenters. The molecule has 0 atom stereocenters. The van der Waals surface area contributed by atoms with Crippen LogP contribution in [0.4, 0.5) is 0 Å². The third kappa shape index (κ3) is 1.31. The summed E-state index contributed by atoms with van der Waals surface area (Å²) in [6, 6.07) is 0. The van der Waals surface area contributed by atoms with Gasteiger partial charge < -0.3 is 0 Å². The van der Waals surface area contributed by atoms with Gasteiger partial charge in [0.25, 0.3) is 0 Å². The average Bonchev–Trinajstić information content (AvgIpc) is 2.19. The van der Waals surface area contributed by atoms with Gasteiger partial charge in [-0.2, -0.15) is 0 Å². The molecule has 0 aromatic heterocycles. The van der Waals surface area contributed by atoms with E-state index in [0.717, 1.165) is 6.42 Å². The van der Waals surface area contributed by atoms with E-state index >= 15 is 0 Å². The van der Waals surface area contributed by atoms with Gasteiger partial charge in [0.1, 0.15) is 0 Å². The fraction of sp³-hybridized carbons (Fsp3) is 0.167. The predicted molar refractivity (Wildman–Crippen MR) is 27.5 cm³/mol. The summed E-state index contributed by atoms with van der Waals surface area (Å²) in [5.74, 6) is 0. The third-order valence-corrected chi connectivity index (χ3v) is 2.05. The molecule has 0 radical (unpaired) electrons. The van der Waals surface area contributed by atoms with Gasteiger partial charge in [-0.25, -0.2) is 0 Å². The Bertz CT molecular complexity index is 185. The van der Waals surface area contributed by atoms with Crippen molar-refractivity contribution in [2.45, 2.75) is 6.42 Å². The molecule has 1 rings (SSSR count). The molecule has 0 saturated carbocycles. The molecule has 1 aliphatic carbocycles. The topological polar surface area (TPSA) is 17.1 Å². The van der Waals surface area contributed by atoms with E-state index in [1.165, 1.54) is 4.28 Å². The molecule has 1 nitrogen and oxygen atoms in total. The zero-order chi connectivity index (χ0) is 5.82. The Morgan fingerprint density at radius 2 is 2.62 bits per heavy atom. The molecule has 0 fully saturated rings. The van der Waals surface area contributed by atoms with Gasteiger partial charge in [0.2, 0.25) is 0 Å². The summed E-state index contributed by atoms with van der Waals surface area (Å²) < 4.78 is 3.21. The van der Waals surface area contributed by atoms with Gasteiger partial charge in [-0.3, -0.25) is 0 Å². The Hall–Kier alpha value is -0.356. The van der Waals surface area contributed by atoms with Crippen molar-refractivity contribution < 1.29 is 20.6 Å². The van der Waals surface area contributed by atoms with Crippen molar-refractivity contribution in [1.82, 2.24) is 0 Å². The average molecular weight is 144 g/mol. The van der Waals surface area contributed by atoms with Crippen LogP contribution in [0.1, 0.15) is 6.42 Å². The van der Waals surface area contributed by atoms with Crippen LogP contribution < -0.4 is 0 Å². The molecule has 40 valence electrons. The maximum atomic E-state index is 9.81. The summed E-state index contributed by atoms with van der Waals surface area (Å²) in [7, 11) is 0. The van der Waals surface area contributed by atoms with Crippen molar-refractivity contribution in [3.05, 3.63) is 22.5 Å². The zero-order valence-electron chi connectivity index (χ0n) is 4.29. The molecule has 0 aromatic rings. The molecule has 0 heterocycles. The standard InChI is InChI=1S/C5H5.CO.V/c1-2-4-5-3-1;1-2;/h1-3H,4H2;;. The molecule has 0 bridgehead atoms. The van der Waals surface area contributed by atoms with Crippen molar-refractivity contribution >= 4 is 4.59 Å². The van der Waals surface area contributed by atoms with Crippen LogP contribution in [0.25, 0.3) is 0 Å². The minimum absolute atomic E-state index is 0.255. The Morgan fingerprint density at radius 1 is 1.75 bits per heavy atom. The molecular weight excluding hydrogens is 139 g/mol. The van der Waals surface area contributed by atoms with E-state index < -0.39 is 0 Å². The van der Waals surface area contributed by atoms with Gasteiger partial charge in [0.15, 0.2) is 0 Å². The van der Waals surface area contributed by atoms with Crippen LogP contribution in [-0.2, 0) is 20.6 Å². The summed E-state index contributed by atoms with van der Waals surface area (Å²) in [5, 5.41) is 0. The van der Waals surface area contributed by atoms with Crippen molar-refractivity contribution in [1.29, 1.82) is 0 Å². The molecule has 0 aromatic carbocycles. The first-order chi connectivity index (χ1) is 3.93. The predicted octanol–water partition coefficient (Wildman–Crippen LogP) is 0.980. The van der Waals surface area contributed by atoms with E-state index in [9.17, 15) is 4.79 Å². The molecule has 0 amide bonds. The molecule has 0 spiro atoms. The zero-order valence-corrected chi connectivity index (χ0v) is 5.69. The summed E-state index contributed by atoms with van der Waals surface area (Å²) in [5.41, 5.74) is 0. The maximum absolute atomic E-state index is 9.81. The molecular formula is C6H5OV. The second kappa shape index (κ2) is 2.83. The molecule has 0 aliphatic heterocycles.